The van der Waals surface area contributed by atoms with Crippen LogP contribution in [0, 0.1) is 24.4 Å². The van der Waals surface area contributed by atoms with Crippen LogP contribution < -0.4 is 10.9 Å². The number of carbonyl (C=O) groups is 2. The maximum atomic E-state index is 14.8. The van der Waals surface area contributed by atoms with Gasteiger partial charge >= 0.3 is 18.1 Å². The lowest BCUT2D eigenvalue weighted by molar-refractivity contribution is -0.192. The first-order valence-electron chi connectivity index (χ1n) is 13.8. The third-order valence-electron chi connectivity index (χ3n) is 6.83. The fourth-order valence-electron chi connectivity index (χ4n) is 4.41. The highest BCUT2D eigenvalue weighted by Gasteiger charge is 2.38. The molecule has 3 N–H and O–H groups in total. The van der Waals surface area contributed by atoms with E-state index in [2.05, 4.69) is 34.0 Å². The quantitative estimate of drug-likeness (QED) is 0.147. The highest BCUT2D eigenvalue weighted by molar-refractivity contribution is 5.96. The van der Waals surface area contributed by atoms with Crippen molar-refractivity contribution in [3.05, 3.63) is 81.4 Å². The lowest BCUT2D eigenvalue weighted by atomic mass is 9.99. The fourth-order valence-corrected chi connectivity index (χ4v) is 4.41. The second kappa shape index (κ2) is 14.9. The molecule has 0 saturated carbocycles. The Morgan fingerprint density at radius 1 is 0.957 bits per heavy atom. The minimum Gasteiger partial charge on any atom is -0.478 e. The van der Waals surface area contributed by atoms with Crippen molar-refractivity contribution in [3.63, 3.8) is 0 Å². The number of aromatic carboxylic acids is 1. The summed E-state index contributed by atoms with van der Waals surface area (Å²) in [5, 5.41) is 19.9. The second-order valence-electron chi connectivity index (χ2n) is 9.76. The van der Waals surface area contributed by atoms with Crippen molar-refractivity contribution < 1.29 is 46.1 Å². The third kappa shape index (κ3) is 8.18. The highest BCUT2D eigenvalue weighted by Crippen LogP contribution is 2.32. The number of anilines is 1. The highest BCUT2D eigenvalue weighted by atomic mass is 19.4. The average molecular weight is 654 g/mol. The predicted molar refractivity (Wildman–Crippen MR) is 157 cm³/mol. The molecule has 46 heavy (non-hydrogen) atoms. The van der Waals surface area contributed by atoms with Gasteiger partial charge < -0.3 is 20.4 Å². The van der Waals surface area contributed by atoms with Crippen LogP contribution in [0.25, 0.3) is 28.0 Å². The number of halogens is 6. The number of aromatic nitrogens is 3. The normalized spacial score (nSPS) is 11.3. The standard InChI is InChI=1S/C28H28F3N5O3.C2HF3O2/c1-4-35(5-2)13-7-12-32-28-33-24(19-14-17(27(38)39)15-22(31)16(19)3)18-10-11-23(37)36(26(18)34-28)25-20(29)8-6-9-21(25)30;3-2(4,5)1(6)7/h6,8-11,14-15H,4-5,7,12-13H2,1-3H3,(H,38,39)(H,32,33,34);(H,6,7). The van der Waals surface area contributed by atoms with Gasteiger partial charge in [-0.1, -0.05) is 19.9 Å². The van der Waals surface area contributed by atoms with Crippen molar-refractivity contribution in [1.29, 1.82) is 0 Å². The van der Waals surface area contributed by atoms with Gasteiger partial charge in [-0.3, -0.25) is 9.36 Å². The van der Waals surface area contributed by atoms with Crippen LogP contribution in [0.2, 0.25) is 0 Å². The molecule has 0 atom stereocenters. The summed E-state index contributed by atoms with van der Waals surface area (Å²) in [4.78, 5) is 44.7. The largest absolute Gasteiger partial charge is 0.490 e. The van der Waals surface area contributed by atoms with Crippen molar-refractivity contribution in [3.8, 4) is 16.9 Å². The van der Waals surface area contributed by atoms with Crippen LogP contribution in [0.15, 0.2) is 47.3 Å². The topological polar surface area (TPSA) is 138 Å². The number of fused-ring (bicyclic) bond motifs is 1. The second-order valence-corrected chi connectivity index (χ2v) is 9.76. The number of alkyl halides is 3. The molecule has 2 heterocycles. The Balaban J connectivity index is 0.000000738. The zero-order valence-electron chi connectivity index (χ0n) is 24.8. The monoisotopic (exact) mass is 653 g/mol. The number of hydrogen-bond acceptors (Lipinski definition) is 7. The zero-order chi connectivity index (χ0) is 34.3. The lowest BCUT2D eigenvalue weighted by Crippen LogP contribution is -2.25. The number of rotatable bonds is 10. The smallest absolute Gasteiger partial charge is 0.478 e. The van der Waals surface area contributed by atoms with Gasteiger partial charge in [-0.2, -0.15) is 18.2 Å². The molecule has 246 valence electrons. The lowest BCUT2D eigenvalue weighted by Gasteiger charge is -2.18. The molecule has 0 spiro atoms. The first kappa shape index (κ1) is 35.5. The summed E-state index contributed by atoms with van der Waals surface area (Å²) < 4.78 is 77.0. The number of para-hydroxylation sites is 1. The maximum absolute atomic E-state index is 14.8. The van der Waals surface area contributed by atoms with E-state index in [9.17, 15) is 41.0 Å². The number of pyridine rings is 1. The van der Waals surface area contributed by atoms with Gasteiger partial charge in [0.15, 0.2) is 5.65 Å². The minimum absolute atomic E-state index is 0.0358. The first-order valence-corrected chi connectivity index (χ1v) is 13.8. The van der Waals surface area contributed by atoms with E-state index < -0.39 is 46.8 Å². The number of carboxylic acid groups (broad SMARTS) is 2. The predicted octanol–water partition coefficient (Wildman–Crippen LogP) is 5.65. The van der Waals surface area contributed by atoms with Crippen LogP contribution in [-0.4, -0.2) is 73.9 Å². The van der Waals surface area contributed by atoms with Crippen molar-refractivity contribution in [1.82, 2.24) is 19.4 Å². The molecule has 0 aliphatic heterocycles. The summed E-state index contributed by atoms with van der Waals surface area (Å²) in [5.41, 5.74) is -1.42. The average Bonchev–Trinajstić information content (AvgIpc) is 2.99. The Kier molecular flexibility index (Phi) is 11.5. The number of nitrogens with one attached hydrogen (secondary N) is 1. The van der Waals surface area contributed by atoms with Crippen molar-refractivity contribution in [2.45, 2.75) is 33.4 Å². The van der Waals surface area contributed by atoms with E-state index in [1.54, 1.807) is 0 Å². The summed E-state index contributed by atoms with van der Waals surface area (Å²) in [6.45, 7) is 8.60. The molecule has 0 aliphatic rings. The Hall–Kier alpha value is -4.99. The van der Waals surface area contributed by atoms with Gasteiger partial charge in [0.1, 0.15) is 23.1 Å². The van der Waals surface area contributed by atoms with Crippen molar-refractivity contribution >= 4 is 28.9 Å². The van der Waals surface area contributed by atoms with E-state index in [0.29, 0.717) is 6.54 Å². The molecule has 0 radical (unpaired) electrons. The molecule has 0 fully saturated rings. The first-order chi connectivity index (χ1) is 21.6. The molecule has 2 aromatic carbocycles. The molecule has 10 nitrogen and oxygen atoms in total. The van der Waals surface area contributed by atoms with E-state index in [1.165, 1.54) is 25.1 Å². The third-order valence-corrected chi connectivity index (χ3v) is 6.83. The Morgan fingerprint density at radius 3 is 2.11 bits per heavy atom. The molecule has 4 aromatic rings. The Labute approximate surface area is 257 Å². The number of hydrogen-bond donors (Lipinski definition) is 3. The number of carboxylic acids is 2. The Bertz CT molecular complexity index is 1790. The minimum atomic E-state index is -5.08. The van der Waals surface area contributed by atoms with E-state index in [1.807, 2.05) is 0 Å². The molecule has 0 amide bonds. The summed E-state index contributed by atoms with van der Waals surface area (Å²) in [7, 11) is 0. The van der Waals surface area contributed by atoms with Crippen molar-refractivity contribution in [2.24, 2.45) is 0 Å². The number of benzene rings is 2. The van der Waals surface area contributed by atoms with E-state index in [-0.39, 0.29) is 39.4 Å². The van der Waals surface area contributed by atoms with Gasteiger partial charge in [-0.15, -0.1) is 0 Å². The van der Waals surface area contributed by atoms with Crippen LogP contribution in [-0.2, 0) is 4.79 Å². The maximum Gasteiger partial charge on any atom is 0.490 e. The van der Waals surface area contributed by atoms with Crippen LogP contribution in [0.3, 0.4) is 0 Å². The van der Waals surface area contributed by atoms with E-state index >= 15 is 0 Å². The van der Waals surface area contributed by atoms with Gasteiger partial charge in [0, 0.05) is 23.6 Å². The van der Waals surface area contributed by atoms with Gasteiger partial charge in [0.2, 0.25) is 5.95 Å². The van der Waals surface area contributed by atoms with Crippen molar-refractivity contribution in [2.75, 3.05) is 31.5 Å². The molecular formula is C30H29F6N5O5. The van der Waals surface area contributed by atoms with Gasteiger partial charge in [-0.25, -0.2) is 27.7 Å². The zero-order valence-corrected chi connectivity index (χ0v) is 24.8. The number of nitrogens with zero attached hydrogens (tertiary/aromatic N) is 4. The molecule has 2 aromatic heterocycles. The van der Waals surface area contributed by atoms with E-state index in [4.69, 9.17) is 9.90 Å². The SMILES string of the molecule is CCN(CC)CCCNc1nc(-c2cc(C(=O)O)cc(F)c2C)c2ccc(=O)n(-c3c(F)cccc3F)c2n1.O=C(O)C(F)(F)F. The molecule has 4 rings (SSSR count). The van der Waals surface area contributed by atoms with Gasteiger partial charge in [-0.05, 0) is 68.9 Å². The molecule has 16 heteroatoms. The summed E-state index contributed by atoms with van der Waals surface area (Å²) in [5.74, 6) is -6.78. The summed E-state index contributed by atoms with van der Waals surface area (Å²) in [6.07, 6.45) is -4.36. The molecule has 0 bridgehead atoms. The van der Waals surface area contributed by atoms with E-state index in [0.717, 1.165) is 54.9 Å². The Morgan fingerprint density at radius 2 is 1.57 bits per heavy atom. The van der Waals surface area contributed by atoms with Gasteiger partial charge in [0.25, 0.3) is 5.56 Å². The molecule has 0 unspecified atom stereocenters. The number of aliphatic carboxylic acids is 1. The summed E-state index contributed by atoms with van der Waals surface area (Å²) >= 11 is 0. The van der Waals surface area contributed by atoms with Gasteiger partial charge in [0.05, 0.1) is 11.3 Å². The fraction of sp³-hybridized carbons (Fsp3) is 0.300. The molecule has 0 saturated heterocycles. The molecule has 0 aliphatic carbocycles. The van der Waals surface area contributed by atoms with Crippen LogP contribution in [0.4, 0.5) is 32.3 Å². The summed E-state index contributed by atoms with van der Waals surface area (Å²) in [6, 6.07) is 7.87. The van der Waals surface area contributed by atoms with Crippen LogP contribution in [0.5, 0.6) is 0 Å². The van der Waals surface area contributed by atoms with Crippen LogP contribution >= 0.6 is 0 Å². The molecular weight excluding hydrogens is 624 g/mol. The van der Waals surface area contributed by atoms with Crippen LogP contribution in [0.1, 0.15) is 36.2 Å².